The molecule has 38 heavy (non-hydrogen) atoms. The Kier molecular flexibility index (Phi) is 8.56. The molecule has 1 heterocycles. The van der Waals surface area contributed by atoms with Crippen molar-refractivity contribution in [3.8, 4) is 11.5 Å². The molecule has 0 bridgehead atoms. The van der Waals surface area contributed by atoms with Gasteiger partial charge in [0.25, 0.3) is 0 Å². The number of benzene rings is 3. The highest BCUT2D eigenvalue weighted by molar-refractivity contribution is 6.11. The Bertz CT molecular complexity index is 1430. The van der Waals surface area contributed by atoms with Crippen molar-refractivity contribution in [3.05, 3.63) is 70.8 Å². The van der Waals surface area contributed by atoms with Gasteiger partial charge in [0.1, 0.15) is 11.5 Å². The van der Waals surface area contributed by atoms with E-state index in [0.717, 1.165) is 38.0 Å². The van der Waals surface area contributed by atoms with Crippen LogP contribution in [0.2, 0.25) is 0 Å². The molecule has 0 atom stereocenters. The van der Waals surface area contributed by atoms with Gasteiger partial charge in [-0.3, -0.25) is 0 Å². The third-order valence-corrected chi connectivity index (χ3v) is 6.92. The normalized spacial score (nSPS) is 11.1. The predicted octanol–water partition coefficient (Wildman–Crippen LogP) is 6.63. The molecule has 3 aromatic carbocycles. The summed E-state index contributed by atoms with van der Waals surface area (Å²) in [5.74, 6) is 0.247. The number of nitrogens with zero attached hydrogens (tertiary/aromatic N) is 1. The van der Waals surface area contributed by atoms with Gasteiger partial charge in [0, 0.05) is 22.8 Å². The van der Waals surface area contributed by atoms with Crippen molar-refractivity contribution in [1.82, 2.24) is 4.57 Å². The first-order chi connectivity index (χ1) is 18.4. The van der Waals surface area contributed by atoms with Gasteiger partial charge in [-0.1, -0.05) is 25.0 Å². The van der Waals surface area contributed by atoms with Gasteiger partial charge in [0.05, 0.1) is 44.6 Å². The molecule has 0 radical (unpaired) electrons. The number of esters is 2. The second kappa shape index (κ2) is 12.0. The number of methoxy groups -OCH3 is 3. The van der Waals surface area contributed by atoms with Crippen molar-refractivity contribution in [2.75, 3.05) is 27.9 Å². The fourth-order valence-corrected chi connectivity index (χ4v) is 4.98. The second-order valence-corrected chi connectivity index (χ2v) is 9.45. The zero-order chi connectivity index (χ0) is 27.2. The van der Waals surface area contributed by atoms with Gasteiger partial charge in [-0.15, -0.1) is 0 Å². The second-order valence-electron chi connectivity index (χ2n) is 9.45. The first-order valence-corrected chi connectivity index (χ1v) is 12.9. The molecule has 4 rings (SSSR count). The molecule has 0 amide bonds. The van der Waals surface area contributed by atoms with E-state index in [1.54, 1.807) is 19.2 Å². The maximum absolute atomic E-state index is 12.0. The molecule has 200 valence electrons. The number of fused-ring (bicyclic) bond motifs is 3. The molecule has 4 aromatic rings. The molecule has 0 spiro atoms. The summed E-state index contributed by atoms with van der Waals surface area (Å²) in [6.07, 6.45) is 3.96. The minimum Gasteiger partial charge on any atom is -0.497 e. The van der Waals surface area contributed by atoms with Gasteiger partial charge in [-0.25, -0.2) is 9.59 Å². The molecule has 0 aliphatic heterocycles. The zero-order valence-electron chi connectivity index (χ0n) is 22.8. The van der Waals surface area contributed by atoms with Gasteiger partial charge in [0.2, 0.25) is 0 Å². The summed E-state index contributed by atoms with van der Waals surface area (Å²) in [5.41, 5.74) is 5.57. The van der Waals surface area contributed by atoms with E-state index in [4.69, 9.17) is 18.9 Å². The Hall–Kier alpha value is -4.00. The average molecular weight is 518 g/mol. The quantitative estimate of drug-likeness (QED) is 0.164. The molecule has 7 heteroatoms. The third kappa shape index (κ3) is 5.62. The number of unbranched alkanes of at least 4 members (excludes halogenated alkanes) is 3. The van der Waals surface area contributed by atoms with Crippen LogP contribution in [0.15, 0.2) is 48.5 Å². The van der Waals surface area contributed by atoms with Crippen LogP contribution in [0.1, 0.15) is 57.5 Å². The van der Waals surface area contributed by atoms with Gasteiger partial charge >= 0.3 is 11.9 Å². The highest BCUT2D eigenvalue weighted by atomic mass is 16.5. The van der Waals surface area contributed by atoms with E-state index in [1.165, 1.54) is 53.2 Å². The SMILES string of the molecule is COC(=O)c1cc(OCCCCCCn2c3ccc(OC)cc3c3c(C)ccc(C)c32)cc(C(=O)OC)c1. The van der Waals surface area contributed by atoms with Crippen LogP contribution < -0.4 is 9.47 Å². The fourth-order valence-electron chi connectivity index (χ4n) is 4.98. The Balaban J connectivity index is 1.37. The summed E-state index contributed by atoms with van der Waals surface area (Å²) in [6.45, 7) is 5.76. The predicted molar refractivity (Wildman–Crippen MR) is 149 cm³/mol. The summed E-state index contributed by atoms with van der Waals surface area (Å²) in [4.78, 5) is 23.9. The van der Waals surface area contributed by atoms with E-state index in [9.17, 15) is 9.59 Å². The van der Waals surface area contributed by atoms with E-state index in [2.05, 4.69) is 42.7 Å². The van der Waals surface area contributed by atoms with Crippen LogP contribution in [0.4, 0.5) is 0 Å². The number of hydrogen-bond donors (Lipinski definition) is 0. The van der Waals surface area contributed by atoms with Crippen molar-refractivity contribution >= 4 is 33.7 Å². The lowest BCUT2D eigenvalue weighted by Crippen LogP contribution is -2.08. The summed E-state index contributed by atoms with van der Waals surface area (Å²) in [6, 6.07) is 15.3. The highest BCUT2D eigenvalue weighted by Gasteiger charge is 2.16. The smallest absolute Gasteiger partial charge is 0.338 e. The molecular formula is C31H35NO6. The van der Waals surface area contributed by atoms with E-state index in [-0.39, 0.29) is 11.1 Å². The molecule has 7 nitrogen and oxygen atoms in total. The van der Waals surface area contributed by atoms with Crippen molar-refractivity contribution in [3.63, 3.8) is 0 Å². The largest absolute Gasteiger partial charge is 0.497 e. The monoisotopic (exact) mass is 517 g/mol. The third-order valence-electron chi connectivity index (χ3n) is 6.92. The Morgan fingerprint density at radius 3 is 2.05 bits per heavy atom. The maximum Gasteiger partial charge on any atom is 0.338 e. The lowest BCUT2D eigenvalue weighted by atomic mass is 10.0. The van der Waals surface area contributed by atoms with E-state index < -0.39 is 11.9 Å². The van der Waals surface area contributed by atoms with Crippen LogP contribution in [-0.4, -0.2) is 44.4 Å². The number of rotatable bonds is 11. The number of aromatic nitrogens is 1. The lowest BCUT2D eigenvalue weighted by Gasteiger charge is -2.11. The summed E-state index contributed by atoms with van der Waals surface area (Å²) in [7, 11) is 4.30. The number of hydrogen-bond acceptors (Lipinski definition) is 6. The average Bonchev–Trinajstić information content (AvgIpc) is 3.27. The van der Waals surface area contributed by atoms with E-state index >= 15 is 0 Å². The summed E-state index contributed by atoms with van der Waals surface area (Å²) < 4.78 is 23.4. The van der Waals surface area contributed by atoms with Crippen LogP contribution in [0.5, 0.6) is 11.5 Å². The maximum atomic E-state index is 12.0. The highest BCUT2D eigenvalue weighted by Crippen LogP contribution is 2.35. The molecule has 0 saturated heterocycles. The van der Waals surface area contributed by atoms with Crippen molar-refractivity contribution in [1.29, 1.82) is 0 Å². The number of carbonyl (C=O) groups is 2. The first kappa shape index (κ1) is 27.0. The van der Waals surface area contributed by atoms with Crippen LogP contribution in [0, 0.1) is 13.8 Å². The van der Waals surface area contributed by atoms with Crippen molar-refractivity contribution in [2.24, 2.45) is 0 Å². The molecule has 0 N–H and O–H groups in total. The van der Waals surface area contributed by atoms with Crippen molar-refractivity contribution in [2.45, 2.75) is 46.1 Å². The Labute approximate surface area is 223 Å². The molecular weight excluding hydrogens is 482 g/mol. The number of carbonyl (C=O) groups excluding carboxylic acids is 2. The standard InChI is InChI=1S/C31H35NO6/c1-20-10-11-21(2)29-28(20)26-19-24(35-3)12-13-27(26)32(29)14-8-6-7-9-15-38-25-17-22(30(33)36-4)16-23(18-25)31(34)37-5/h10-13,16-19H,6-9,14-15H2,1-5H3. The molecule has 0 aliphatic carbocycles. The zero-order valence-corrected chi connectivity index (χ0v) is 22.8. The molecule has 0 fully saturated rings. The van der Waals surface area contributed by atoms with Crippen molar-refractivity contribution < 1.29 is 28.5 Å². The molecule has 0 saturated carbocycles. The van der Waals surface area contributed by atoms with Gasteiger partial charge in [0.15, 0.2) is 0 Å². The summed E-state index contributed by atoms with van der Waals surface area (Å²) in [5, 5.41) is 2.53. The number of ether oxygens (including phenoxy) is 4. The lowest BCUT2D eigenvalue weighted by molar-refractivity contribution is 0.0598. The molecule has 1 aromatic heterocycles. The van der Waals surface area contributed by atoms with Crippen LogP contribution >= 0.6 is 0 Å². The van der Waals surface area contributed by atoms with Gasteiger partial charge in [-0.05, 0) is 74.2 Å². The van der Waals surface area contributed by atoms with E-state index in [0.29, 0.717) is 12.4 Å². The van der Waals surface area contributed by atoms with Gasteiger partial charge < -0.3 is 23.5 Å². The van der Waals surface area contributed by atoms with Gasteiger partial charge in [-0.2, -0.15) is 0 Å². The number of aryl methyl sites for hydroxylation is 3. The Morgan fingerprint density at radius 1 is 0.737 bits per heavy atom. The van der Waals surface area contributed by atoms with Crippen LogP contribution in [0.3, 0.4) is 0 Å². The minimum atomic E-state index is -0.533. The molecule has 0 aliphatic rings. The van der Waals surface area contributed by atoms with E-state index in [1.807, 2.05) is 6.07 Å². The van der Waals surface area contributed by atoms with Crippen LogP contribution in [0.25, 0.3) is 21.8 Å². The summed E-state index contributed by atoms with van der Waals surface area (Å²) >= 11 is 0. The first-order valence-electron chi connectivity index (χ1n) is 12.9. The van der Waals surface area contributed by atoms with Crippen LogP contribution in [-0.2, 0) is 16.0 Å². The fraction of sp³-hybridized carbons (Fsp3) is 0.355. The minimum absolute atomic E-state index is 0.250. The topological polar surface area (TPSA) is 76.0 Å². The molecule has 0 unspecified atom stereocenters. The Morgan fingerprint density at radius 2 is 1.39 bits per heavy atom.